The number of H-pyrrole nitrogens is 1. The number of hydrogen-bond acceptors (Lipinski definition) is 1. The lowest BCUT2D eigenvalue weighted by atomic mass is 10.1. The average Bonchev–Trinajstić information content (AvgIpc) is 3.61. The molecule has 0 aliphatic heterocycles. The molecule has 1 N–H and O–H groups in total. The van der Waals surface area contributed by atoms with Crippen molar-refractivity contribution in [3.8, 4) is 5.69 Å². The number of fused-ring (bicyclic) bond motifs is 12. The number of nitrogens with one attached hydrogen (secondary N) is 1. The van der Waals surface area contributed by atoms with Crippen LogP contribution in [0.4, 0.5) is 0 Å². The van der Waals surface area contributed by atoms with Crippen LogP contribution in [0.2, 0.25) is 0 Å². The van der Waals surface area contributed by atoms with Gasteiger partial charge in [-0.3, -0.25) is 0 Å². The molecule has 0 amide bonds. The molecular weight excluding hydrogens is 468 g/mol. The molecule has 0 bridgehead atoms. The van der Waals surface area contributed by atoms with Gasteiger partial charge < -0.3 is 9.55 Å². The van der Waals surface area contributed by atoms with Gasteiger partial charge >= 0.3 is 0 Å². The fourth-order valence-electron chi connectivity index (χ4n) is 6.36. The van der Waals surface area contributed by atoms with Gasteiger partial charge in [-0.1, -0.05) is 84.9 Å². The second-order valence-electron chi connectivity index (χ2n) is 9.82. The van der Waals surface area contributed by atoms with Crippen molar-refractivity contribution >= 4 is 85.9 Å². The van der Waals surface area contributed by atoms with E-state index < -0.39 is 0 Å². The van der Waals surface area contributed by atoms with Gasteiger partial charge in [-0.25, -0.2) is 0 Å². The Morgan fingerprint density at radius 2 is 1.27 bits per heavy atom. The Kier molecular flexibility index (Phi) is 3.70. The summed E-state index contributed by atoms with van der Waals surface area (Å²) >= 11 is 1.91. The Balaban J connectivity index is 1.48. The van der Waals surface area contributed by atoms with Crippen molar-refractivity contribution in [3.05, 3.63) is 115 Å². The minimum absolute atomic E-state index is 1.19. The van der Waals surface area contributed by atoms with Crippen molar-refractivity contribution < 1.29 is 0 Å². The normalized spacial score (nSPS) is 12.3. The third-order valence-corrected chi connectivity index (χ3v) is 9.11. The summed E-state index contributed by atoms with van der Waals surface area (Å²) in [6.45, 7) is 0. The molecule has 0 atom stereocenters. The largest absolute Gasteiger partial charge is 0.354 e. The van der Waals surface area contributed by atoms with E-state index in [1.165, 1.54) is 80.2 Å². The molecule has 172 valence electrons. The van der Waals surface area contributed by atoms with Crippen molar-refractivity contribution in [3.63, 3.8) is 0 Å². The van der Waals surface area contributed by atoms with Crippen LogP contribution >= 0.6 is 11.3 Å². The Morgan fingerprint density at radius 3 is 2.22 bits per heavy atom. The van der Waals surface area contributed by atoms with Crippen LogP contribution in [-0.4, -0.2) is 9.55 Å². The van der Waals surface area contributed by atoms with Crippen LogP contribution in [0.3, 0.4) is 0 Å². The molecule has 0 unspecified atom stereocenters. The van der Waals surface area contributed by atoms with Crippen LogP contribution in [0.25, 0.3) is 80.2 Å². The molecule has 0 aliphatic rings. The summed E-state index contributed by atoms with van der Waals surface area (Å²) in [5.74, 6) is 0. The highest BCUT2D eigenvalue weighted by Crippen LogP contribution is 2.46. The van der Waals surface area contributed by atoms with Gasteiger partial charge in [0.1, 0.15) is 0 Å². The number of rotatable bonds is 1. The number of para-hydroxylation sites is 2. The summed E-state index contributed by atoms with van der Waals surface area (Å²) in [6.07, 6.45) is 0. The first-order valence-electron chi connectivity index (χ1n) is 12.6. The Bertz CT molecular complexity index is 2360. The van der Waals surface area contributed by atoms with E-state index in [0.29, 0.717) is 0 Å². The van der Waals surface area contributed by atoms with Gasteiger partial charge in [0, 0.05) is 52.6 Å². The predicted molar refractivity (Wildman–Crippen MR) is 161 cm³/mol. The number of nitrogens with zero attached hydrogens (tertiary/aromatic N) is 1. The molecule has 9 rings (SSSR count). The molecule has 3 aromatic heterocycles. The van der Waals surface area contributed by atoms with Crippen molar-refractivity contribution in [1.29, 1.82) is 0 Å². The molecular formula is C34H20N2S. The first kappa shape index (κ1) is 19.6. The quantitative estimate of drug-likeness (QED) is 0.237. The van der Waals surface area contributed by atoms with E-state index in [-0.39, 0.29) is 0 Å². The minimum Gasteiger partial charge on any atom is -0.354 e. The van der Waals surface area contributed by atoms with Gasteiger partial charge in [0.15, 0.2) is 0 Å². The summed E-state index contributed by atoms with van der Waals surface area (Å²) in [7, 11) is 0. The zero-order valence-corrected chi connectivity index (χ0v) is 20.6. The molecule has 0 saturated heterocycles. The molecule has 0 fully saturated rings. The van der Waals surface area contributed by atoms with Crippen LogP contribution in [0.15, 0.2) is 115 Å². The van der Waals surface area contributed by atoms with Crippen LogP contribution < -0.4 is 0 Å². The zero-order valence-electron chi connectivity index (χ0n) is 19.8. The first-order chi connectivity index (χ1) is 18.4. The maximum Gasteiger partial charge on any atom is 0.0559 e. The van der Waals surface area contributed by atoms with Crippen LogP contribution in [0, 0.1) is 0 Å². The Morgan fingerprint density at radius 1 is 0.514 bits per heavy atom. The fourth-order valence-corrected chi connectivity index (χ4v) is 7.62. The smallest absolute Gasteiger partial charge is 0.0559 e. The Hall–Kier alpha value is -4.60. The van der Waals surface area contributed by atoms with E-state index in [1.54, 1.807) is 0 Å². The highest BCUT2D eigenvalue weighted by Gasteiger charge is 2.20. The molecule has 0 aliphatic carbocycles. The van der Waals surface area contributed by atoms with E-state index in [1.807, 2.05) is 11.3 Å². The fraction of sp³-hybridized carbons (Fsp3) is 0. The SMILES string of the molecule is c1ccc2c(-n3c4ccccc4c4c5sc6ccc7c8ccccc8[nH]c7c6c5ccc43)cccc2c1. The van der Waals surface area contributed by atoms with E-state index in [0.717, 1.165) is 0 Å². The van der Waals surface area contributed by atoms with Gasteiger partial charge in [0.05, 0.1) is 22.2 Å². The highest BCUT2D eigenvalue weighted by molar-refractivity contribution is 7.27. The standard InChI is InChI=1S/C34H20N2S/c1-2-10-21-20(8-1)9-7-15-27(21)36-28-14-6-4-12-24(28)31-29(36)18-16-25-32-30(37-34(25)31)19-17-23-22-11-3-5-13-26(22)35-33(23)32/h1-19,35H. The van der Waals surface area contributed by atoms with Crippen LogP contribution in [-0.2, 0) is 0 Å². The van der Waals surface area contributed by atoms with Crippen molar-refractivity contribution in [2.24, 2.45) is 0 Å². The second-order valence-corrected chi connectivity index (χ2v) is 10.9. The lowest BCUT2D eigenvalue weighted by Gasteiger charge is -2.11. The highest BCUT2D eigenvalue weighted by atomic mass is 32.1. The van der Waals surface area contributed by atoms with Crippen molar-refractivity contribution in [2.75, 3.05) is 0 Å². The summed E-state index contributed by atoms with van der Waals surface area (Å²) in [5, 5.41) is 10.4. The topological polar surface area (TPSA) is 20.7 Å². The lowest BCUT2D eigenvalue weighted by molar-refractivity contribution is 1.20. The van der Waals surface area contributed by atoms with Gasteiger partial charge in [-0.2, -0.15) is 0 Å². The van der Waals surface area contributed by atoms with Gasteiger partial charge in [-0.15, -0.1) is 11.3 Å². The average molecular weight is 489 g/mol. The molecule has 3 heteroatoms. The third kappa shape index (κ3) is 2.49. The van der Waals surface area contributed by atoms with Crippen LogP contribution in [0.5, 0.6) is 0 Å². The lowest BCUT2D eigenvalue weighted by Crippen LogP contribution is -1.94. The maximum atomic E-state index is 3.74. The van der Waals surface area contributed by atoms with E-state index in [4.69, 9.17) is 0 Å². The molecule has 0 saturated carbocycles. The van der Waals surface area contributed by atoms with Gasteiger partial charge in [0.2, 0.25) is 0 Å². The molecule has 9 aromatic rings. The predicted octanol–water partition coefficient (Wildman–Crippen LogP) is 9.94. The van der Waals surface area contributed by atoms with E-state index >= 15 is 0 Å². The first-order valence-corrected chi connectivity index (χ1v) is 13.4. The molecule has 3 heterocycles. The number of hydrogen-bond donors (Lipinski definition) is 1. The Labute approximate surface area is 216 Å². The zero-order chi connectivity index (χ0) is 24.1. The summed E-state index contributed by atoms with van der Waals surface area (Å²) < 4.78 is 5.13. The van der Waals surface area contributed by atoms with Crippen molar-refractivity contribution in [2.45, 2.75) is 0 Å². The summed E-state index contributed by atoms with van der Waals surface area (Å²) in [5.41, 5.74) is 6.15. The van der Waals surface area contributed by atoms with E-state index in [9.17, 15) is 0 Å². The monoisotopic (exact) mass is 488 g/mol. The number of benzene rings is 6. The third-order valence-electron chi connectivity index (χ3n) is 7.92. The molecule has 2 nitrogen and oxygen atoms in total. The molecule has 0 spiro atoms. The summed E-state index contributed by atoms with van der Waals surface area (Å²) in [4.78, 5) is 3.74. The van der Waals surface area contributed by atoms with Crippen molar-refractivity contribution in [1.82, 2.24) is 9.55 Å². The van der Waals surface area contributed by atoms with E-state index in [2.05, 4.69) is 125 Å². The molecule has 6 aromatic carbocycles. The van der Waals surface area contributed by atoms with Gasteiger partial charge in [-0.05, 0) is 35.7 Å². The molecule has 0 radical (unpaired) electrons. The number of aromatic amines is 1. The van der Waals surface area contributed by atoms with Crippen LogP contribution in [0.1, 0.15) is 0 Å². The number of aromatic nitrogens is 2. The summed E-state index contributed by atoms with van der Waals surface area (Å²) in [6, 6.07) is 42.0. The number of thiophene rings is 1. The second kappa shape index (κ2) is 7.00. The maximum absolute atomic E-state index is 3.74. The minimum atomic E-state index is 1.19. The van der Waals surface area contributed by atoms with Gasteiger partial charge in [0.25, 0.3) is 0 Å². The molecule has 37 heavy (non-hydrogen) atoms.